The molecule has 0 aromatic rings. The smallest absolute Gasteiger partial charge is 0.246 e. The van der Waals surface area contributed by atoms with Crippen LogP contribution in [0.15, 0.2) is 11.3 Å². The molecule has 1 aliphatic carbocycles. The molecule has 34 heavy (non-hydrogen) atoms. The molecule has 0 spiro atoms. The standard InChI is InChI=1S/C28H50N4O2/c1-21(33)25-13-9-17-32(25)27(34)26(28(2,3)4)30-24(23-10-8-11-23)12-6-5-7-16-31-18-14-22(20-29)15-19-31/h22,25-26,30H,5-20,29H2,1-4H3. The number of hydrogen-bond donors (Lipinski definition) is 2. The van der Waals surface area contributed by atoms with Crippen molar-refractivity contribution >= 4 is 11.7 Å². The van der Waals surface area contributed by atoms with Gasteiger partial charge in [0.05, 0.1) is 6.04 Å². The normalized spacial score (nSPS) is 23.0. The fraction of sp³-hybridized carbons (Fsp3) is 0.857. The van der Waals surface area contributed by atoms with Crippen LogP contribution in [0.25, 0.3) is 0 Å². The molecular formula is C28H50N4O2. The second kappa shape index (κ2) is 12.5. The third-order valence-electron chi connectivity index (χ3n) is 8.26. The number of Topliss-reactive ketones (excluding diaryl/α,β-unsaturated/α-hetero) is 1. The average molecular weight is 475 g/mol. The van der Waals surface area contributed by atoms with Crippen molar-refractivity contribution in [2.24, 2.45) is 17.1 Å². The topological polar surface area (TPSA) is 78.7 Å². The Kier molecular flexibility index (Phi) is 10.0. The van der Waals surface area contributed by atoms with Gasteiger partial charge in [-0.15, -0.1) is 0 Å². The summed E-state index contributed by atoms with van der Waals surface area (Å²) in [5.41, 5.74) is 8.43. The Bertz CT molecular complexity index is 712. The van der Waals surface area contributed by atoms with Crippen LogP contribution >= 0.6 is 0 Å². The lowest BCUT2D eigenvalue weighted by Crippen LogP contribution is -2.55. The number of carbonyl (C=O) groups excluding carboxylic acids is 2. The predicted octanol–water partition coefficient (Wildman–Crippen LogP) is 4.24. The minimum atomic E-state index is -0.292. The van der Waals surface area contributed by atoms with Crippen LogP contribution in [-0.4, -0.2) is 66.3 Å². The maximum Gasteiger partial charge on any atom is 0.246 e. The number of unbranched alkanes of at least 4 members (excludes halogenated alkanes) is 2. The molecule has 0 aromatic heterocycles. The van der Waals surface area contributed by atoms with Crippen LogP contribution in [0.1, 0.15) is 98.3 Å². The van der Waals surface area contributed by atoms with Crippen molar-refractivity contribution in [3.05, 3.63) is 11.3 Å². The monoisotopic (exact) mass is 474 g/mol. The molecule has 0 bridgehead atoms. The van der Waals surface area contributed by atoms with E-state index in [9.17, 15) is 9.59 Å². The number of ketones is 1. The number of piperidine rings is 1. The Balaban J connectivity index is 1.53. The van der Waals surface area contributed by atoms with Gasteiger partial charge in [-0.2, -0.15) is 0 Å². The zero-order valence-electron chi connectivity index (χ0n) is 22.3. The zero-order valence-corrected chi connectivity index (χ0v) is 22.3. The third kappa shape index (κ3) is 7.30. The van der Waals surface area contributed by atoms with Crippen LogP contribution in [0.3, 0.4) is 0 Å². The van der Waals surface area contributed by atoms with Gasteiger partial charge in [-0.25, -0.2) is 0 Å². The van der Waals surface area contributed by atoms with Crippen LogP contribution in [0, 0.1) is 11.3 Å². The second-order valence-electron chi connectivity index (χ2n) is 12.0. The molecule has 0 aromatic carbocycles. The van der Waals surface area contributed by atoms with Gasteiger partial charge in [-0.05, 0) is 109 Å². The van der Waals surface area contributed by atoms with Crippen molar-refractivity contribution in [2.45, 2.75) is 110 Å². The maximum absolute atomic E-state index is 13.6. The molecule has 3 N–H and O–H groups in total. The Labute approximate surface area is 208 Å². The number of carbonyl (C=O) groups is 2. The van der Waals surface area contributed by atoms with E-state index in [1.807, 2.05) is 4.90 Å². The van der Waals surface area contributed by atoms with Gasteiger partial charge in [0.2, 0.25) is 5.91 Å². The molecule has 0 radical (unpaired) electrons. The molecule has 6 nitrogen and oxygen atoms in total. The summed E-state index contributed by atoms with van der Waals surface area (Å²) in [4.78, 5) is 30.2. The molecule has 2 unspecified atom stereocenters. The minimum absolute atomic E-state index is 0.100. The summed E-state index contributed by atoms with van der Waals surface area (Å²) in [5, 5.41) is 3.74. The Morgan fingerprint density at radius 3 is 2.29 bits per heavy atom. The first kappa shape index (κ1) is 27.2. The predicted molar refractivity (Wildman–Crippen MR) is 139 cm³/mol. The van der Waals surface area contributed by atoms with Crippen molar-refractivity contribution in [1.82, 2.24) is 15.1 Å². The lowest BCUT2D eigenvalue weighted by atomic mass is 9.83. The summed E-state index contributed by atoms with van der Waals surface area (Å²) in [7, 11) is 0. The number of rotatable bonds is 11. The molecule has 3 fully saturated rings. The van der Waals surface area contributed by atoms with E-state index < -0.39 is 0 Å². The zero-order chi connectivity index (χ0) is 24.7. The van der Waals surface area contributed by atoms with Gasteiger partial charge in [0, 0.05) is 12.2 Å². The van der Waals surface area contributed by atoms with Crippen molar-refractivity contribution in [3.8, 4) is 0 Å². The summed E-state index contributed by atoms with van der Waals surface area (Å²) in [6.45, 7) is 13.2. The molecule has 3 aliphatic rings. The Morgan fingerprint density at radius 1 is 1.03 bits per heavy atom. The second-order valence-corrected chi connectivity index (χ2v) is 12.0. The molecule has 1 amide bonds. The van der Waals surface area contributed by atoms with E-state index in [0.29, 0.717) is 6.54 Å². The number of nitrogens with two attached hydrogens (primary N) is 1. The number of likely N-dealkylation sites (tertiary alicyclic amines) is 2. The summed E-state index contributed by atoms with van der Waals surface area (Å²) in [6, 6.07) is -0.534. The van der Waals surface area contributed by atoms with E-state index in [4.69, 9.17) is 5.73 Å². The molecule has 6 heteroatoms. The number of nitrogens with zero attached hydrogens (tertiary/aromatic N) is 2. The fourth-order valence-electron chi connectivity index (χ4n) is 5.71. The molecular weight excluding hydrogens is 424 g/mol. The number of nitrogens with one attached hydrogen (secondary N) is 1. The SMILES string of the molecule is CC(=O)C1CCCN1C(=O)C(NC(CCCCCN1CCC(CN)CC1)=C1CCC1)C(C)(C)C. The van der Waals surface area contributed by atoms with Gasteiger partial charge in [0.15, 0.2) is 5.78 Å². The van der Waals surface area contributed by atoms with Crippen molar-refractivity contribution in [1.29, 1.82) is 0 Å². The van der Waals surface area contributed by atoms with E-state index in [0.717, 1.165) is 51.0 Å². The van der Waals surface area contributed by atoms with Gasteiger partial charge in [0.1, 0.15) is 6.04 Å². The van der Waals surface area contributed by atoms with Crippen molar-refractivity contribution < 1.29 is 9.59 Å². The summed E-state index contributed by atoms with van der Waals surface area (Å²) < 4.78 is 0. The molecule has 194 valence electrons. The van der Waals surface area contributed by atoms with E-state index in [1.54, 1.807) is 6.92 Å². The number of amides is 1. The van der Waals surface area contributed by atoms with Gasteiger partial charge < -0.3 is 20.9 Å². The largest absolute Gasteiger partial charge is 0.377 e. The highest BCUT2D eigenvalue weighted by molar-refractivity contribution is 5.90. The maximum atomic E-state index is 13.6. The highest BCUT2D eigenvalue weighted by Crippen LogP contribution is 2.33. The third-order valence-corrected chi connectivity index (χ3v) is 8.26. The molecule has 2 saturated heterocycles. The van der Waals surface area contributed by atoms with Crippen LogP contribution in [-0.2, 0) is 9.59 Å². The van der Waals surface area contributed by atoms with Gasteiger partial charge in [0.25, 0.3) is 0 Å². The first-order chi connectivity index (χ1) is 16.2. The van der Waals surface area contributed by atoms with E-state index in [-0.39, 0.29) is 29.2 Å². The highest BCUT2D eigenvalue weighted by atomic mass is 16.2. The Hall–Kier alpha value is -1.40. The lowest BCUT2D eigenvalue weighted by Gasteiger charge is -2.38. The van der Waals surface area contributed by atoms with Crippen LogP contribution in [0.5, 0.6) is 0 Å². The molecule has 2 aliphatic heterocycles. The average Bonchev–Trinajstić information content (AvgIpc) is 3.25. The van der Waals surface area contributed by atoms with E-state index in [1.165, 1.54) is 63.0 Å². The van der Waals surface area contributed by atoms with Gasteiger partial charge in [-0.1, -0.05) is 32.8 Å². The van der Waals surface area contributed by atoms with Crippen LogP contribution in [0.2, 0.25) is 0 Å². The first-order valence-corrected chi connectivity index (χ1v) is 13.9. The molecule has 2 atom stereocenters. The van der Waals surface area contributed by atoms with E-state index in [2.05, 4.69) is 31.0 Å². The van der Waals surface area contributed by atoms with Crippen molar-refractivity contribution in [2.75, 3.05) is 32.7 Å². The number of allylic oxidation sites excluding steroid dienone is 2. The van der Waals surface area contributed by atoms with Gasteiger partial charge >= 0.3 is 0 Å². The molecule has 1 saturated carbocycles. The van der Waals surface area contributed by atoms with Crippen LogP contribution < -0.4 is 11.1 Å². The van der Waals surface area contributed by atoms with Gasteiger partial charge in [-0.3, -0.25) is 9.59 Å². The minimum Gasteiger partial charge on any atom is -0.377 e. The summed E-state index contributed by atoms with van der Waals surface area (Å²) >= 11 is 0. The van der Waals surface area contributed by atoms with Crippen molar-refractivity contribution in [3.63, 3.8) is 0 Å². The fourth-order valence-corrected chi connectivity index (χ4v) is 5.71. The number of hydrogen-bond acceptors (Lipinski definition) is 5. The first-order valence-electron chi connectivity index (χ1n) is 13.9. The highest BCUT2D eigenvalue weighted by Gasteiger charge is 2.40. The molecule has 3 rings (SSSR count). The Morgan fingerprint density at radius 2 is 1.74 bits per heavy atom. The summed E-state index contributed by atoms with van der Waals surface area (Å²) in [6.07, 6.45) is 12.4. The van der Waals surface area contributed by atoms with E-state index >= 15 is 0 Å². The molecule has 2 heterocycles. The summed E-state index contributed by atoms with van der Waals surface area (Å²) in [5.74, 6) is 0.940. The van der Waals surface area contributed by atoms with Crippen LogP contribution in [0.4, 0.5) is 0 Å². The lowest BCUT2D eigenvalue weighted by molar-refractivity contribution is -0.140. The quantitative estimate of drug-likeness (QED) is 0.438.